The van der Waals surface area contributed by atoms with Crippen LogP contribution in [0.2, 0.25) is 0 Å². The molecule has 0 unspecified atom stereocenters. The Balaban J connectivity index is 1.81. The Morgan fingerprint density at radius 1 is 0.926 bits per heavy atom. The number of rotatable bonds is 5. The molecule has 0 aromatic heterocycles. The number of phenolic OH excluding ortho intramolecular Hbond substituents is 1. The number of anilines is 4. The van der Waals surface area contributed by atoms with E-state index in [0.29, 0.717) is 5.69 Å². The van der Waals surface area contributed by atoms with Crippen LogP contribution in [0.15, 0.2) is 66.7 Å². The Bertz CT molecular complexity index is 967. The molecular formula is C22H23N3O2. The van der Waals surface area contributed by atoms with Gasteiger partial charge in [0.2, 0.25) is 0 Å². The van der Waals surface area contributed by atoms with Gasteiger partial charge in [0.05, 0.1) is 5.56 Å². The lowest BCUT2D eigenvalue weighted by molar-refractivity contribution is 0.102. The number of carbonyl (C=O) groups excluding carboxylic acids is 1. The van der Waals surface area contributed by atoms with E-state index in [2.05, 4.69) is 16.7 Å². The number of carbonyl (C=O) groups is 1. The van der Waals surface area contributed by atoms with E-state index in [9.17, 15) is 9.90 Å². The molecule has 0 spiro atoms. The number of benzene rings is 3. The maximum absolute atomic E-state index is 12.5. The molecule has 0 atom stereocenters. The molecule has 0 aliphatic rings. The summed E-state index contributed by atoms with van der Waals surface area (Å²) >= 11 is 0. The third kappa shape index (κ3) is 4.39. The average molecular weight is 361 g/mol. The predicted molar refractivity (Wildman–Crippen MR) is 111 cm³/mol. The maximum Gasteiger partial charge on any atom is 0.259 e. The van der Waals surface area contributed by atoms with Crippen molar-refractivity contribution in [3.05, 3.63) is 77.9 Å². The van der Waals surface area contributed by atoms with Crippen LogP contribution in [0, 0.1) is 6.92 Å². The van der Waals surface area contributed by atoms with E-state index < -0.39 is 0 Å². The second-order valence-electron chi connectivity index (χ2n) is 6.57. The molecule has 3 aromatic rings. The molecule has 0 aliphatic carbocycles. The minimum Gasteiger partial charge on any atom is -0.507 e. The molecule has 0 bridgehead atoms. The van der Waals surface area contributed by atoms with Crippen LogP contribution in [-0.4, -0.2) is 25.1 Å². The monoisotopic (exact) mass is 361 g/mol. The van der Waals surface area contributed by atoms with Gasteiger partial charge in [-0.05, 0) is 55.0 Å². The second-order valence-corrected chi connectivity index (χ2v) is 6.57. The number of para-hydroxylation sites is 1. The molecular weight excluding hydrogens is 338 g/mol. The summed E-state index contributed by atoms with van der Waals surface area (Å²) in [5, 5.41) is 16.1. The Labute approximate surface area is 159 Å². The van der Waals surface area contributed by atoms with Gasteiger partial charge in [0, 0.05) is 36.8 Å². The van der Waals surface area contributed by atoms with Gasteiger partial charge in [-0.25, -0.2) is 0 Å². The highest BCUT2D eigenvalue weighted by Crippen LogP contribution is 2.26. The fourth-order valence-corrected chi connectivity index (χ4v) is 2.72. The van der Waals surface area contributed by atoms with E-state index in [-0.39, 0.29) is 17.2 Å². The summed E-state index contributed by atoms with van der Waals surface area (Å²) in [6.45, 7) is 1.93. The minimum atomic E-state index is -0.344. The van der Waals surface area contributed by atoms with Crippen molar-refractivity contribution in [3.8, 4) is 5.75 Å². The highest BCUT2D eigenvalue weighted by Gasteiger charge is 2.12. The first-order chi connectivity index (χ1) is 12.9. The van der Waals surface area contributed by atoms with Gasteiger partial charge in [-0.1, -0.05) is 24.3 Å². The zero-order chi connectivity index (χ0) is 19.4. The highest BCUT2D eigenvalue weighted by molar-refractivity contribution is 6.06. The van der Waals surface area contributed by atoms with Gasteiger partial charge >= 0.3 is 0 Å². The molecule has 3 rings (SSSR count). The van der Waals surface area contributed by atoms with Crippen LogP contribution in [0.25, 0.3) is 0 Å². The molecule has 0 aliphatic heterocycles. The van der Waals surface area contributed by atoms with Gasteiger partial charge < -0.3 is 20.6 Å². The molecule has 1 amide bonds. The molecule has 5 nitrogen and oxygen atoms in total. The van der Waals surface area contributed by atoms with Crippen molar-refractivity contribution in [1.29, 1.82) is 0 Å². The van der Waals surface area contributed by atoms with Gasteiger partial charge in [-0.3, -0.25) is 4.79 Å². The third-order valence-corrected chi connectivity index (χ3v) is 4.29. The fourth-order valence-electron chi connectivity index (χ4n) is 2.72. The third-order valence-electron chi connectivity index (χ3n) is 4.29. The van der Waals surface area contributed by atoms with Gasteiger partial charge in [0.15, 0.2) is 0 Å². The van der Waals surface area contributed by atoms with Crippen LogP contribution in [0.4, 0.5) is 22.7 Å². The number of nitrogens with zero attached hydrogens (tertiary/aromatic N) is 1. The van der Waals surface area contributed by atoms with E-state index in [1.807, 2.05) is 62.3 Å². The molecule has 27 heavy (non-hydrogen) atoms. The molecule has 0 saturated heterocycles. The highest BCUT2D eigenvalue weighted by atomic mass is 16.3. The first kappa shape index (κ1) is 18.3. The summed E-state index contributed by atoms with van der Waals surface area (Å²) in [5.74, 6) is -0.384. The Morgan fingerprint density at radius 3 is 2.41 bits per heavy atom. The normalized spacial score (nSPS) is 10.3. The van der Waals surface area contributed by atoms with Gasteiger partial charge in [-0.15, -0.1) is 0 Å². The molecule has 0 radical (unpaired) electrons. The lowest BCUT2D eigenvalue weighted by Crippen LogP contribution is -2.13. The van der Waals surface area contributed by atoms with Crippen LogP contribution in [0.3, 0.4) is 0 Å². The number of aryl methyl sites for hydroxylation is 1. The van der Waals surface area contributed by atoms with Crippen molar-refractivity contribution in [2.24, 2.45) is 0 Å². The summed E-state index contributed by atoms with van der Waals surface area (Å²) in [5.41, 5.74) is 4.80. The molecule has 5 heteroatoms. The zero-order valence-corrected chi connectivity index (χ0v) is 15.7. The molecule has 0 fully saturated rings. The van der Waals surface area contributed by atoms with Crippen LogP contribution in [0.1, 0.15) is 15.9 Å². The first-order valence-electron chi connectivity index (χ1n) is 8.68. The Morgan fingerprint density at radius 2 is 1.67 bits per heavy atom. The Hall–Kier alpha value is -3.47. The molecule has 3 N–H and O–H groups in total. The predicted octanol–water partition coefficient (Wildman–Crippen LogP) is 4.76. The zero-order valence-electron chi connectivity index (χ0n) is 15.7. The fraction of sp³-hybridized carbons (Fsp3) is 0.136. The molecule has 0 saturated carbocycles. The summed E-state index contributed by atoms with van der Waals surface area (Å²) in [4.78, 5) is 14.5. The smallest absolute Gasteiger partial charge is 0.259 e. The maximum atomic E-state index is 12.5. The van der Waals surface area contributed by atoms with Gasteiger partial charge in [0.25, 0.3) is 5.91 Å². The summed E-state index contributed by atoms with van der Waals surface area (Å²) in [6.07, 6.45) is 0. The second kappa shape index (κ2) is 7.83. The van der Waals surface area contributed by atoms with Crippen LogP contribution >= 0.6 is 0 Å². The van der Waals surface area contributed by atoms with Crippen molar-refractivity contribution in [3.63, 3.8) is 0 Å². The Kier molecular flexibility index (Phi) is 5.31. The van der Waals surface area contributed by atoms with Crippen LogP contribution in [-0.2, 0) is 0 Å². The number of phenols is 1. The van der Waals surface area contributed by atoms with Crippen molar-refractivity contribution in [2.45, 2.75) is 6.92 Å². The van der Waals surface area contributed by atoms with E-state index in [0.717, 1.165) is 22.6 Å². The van der Waals surface area contributed by atoms with E-state index in [1.54, 1.807) is 18.2 Å². The van der Waals surface area contributed by atoms with Gasteiger partial charge in [-0.2, -0.15) is 0 Å². The van der Waals surface area contributed by atoms with Crippen molar-refractivity contribution >= 4 is 28.7 Å². The number of aromatic hydroxyl groups is 1. The van der Waals surface area contributed by atoms with Crippen molar-refractivity contribution < 1.29 is 9.90 Å². The number of amides is 1. The molecule has 138 valence electrons. The van der Waals surface area contributed by atoms with Crippen LogP contribution < -0.4 is 15.5 Å². The van der Waals surface area contributed by atoms with E-state index >= 15 is 0 Å². The number of hydrogen-bond donors (Lipinski definition) is 3. The quantitative estimate of drug-likeness (QED) is 0.613. The largest absolute Gasteiger partial charge is 0.507 e. The van der Waals surface area contributed by atoms with E-state index in [1.165, 1.54) is 6.07 Å². The van der Waals surface area contributed by atoms with Gasteiger partial charge in [0.1, 0.15) is 5.75 Å². The number of hydrogen-bond acceptors (Lipinski definition) is 4. The first-order valence-corrected chi connectivity index (χ1v) is 8.68. The van der Waals surface area contributed by atoms with E-state index in [4.69, 9.17) is 0 Å². The lowest BCUT2D eigenvalue weighted by Gasteiger charge is -2.16. The van der Waals surface area contributed by atoms with Crippen molar-refractivity contribution in [2.75, 3.05) is 29.6 Å². The summed E-state index contributed by atoms with van der Waals surface area (Å²) < 4.78 is 0. The molecule has 0 heterocycles. The average Bonchev–Trinajstić information content (AvgIpc) is 2.65. The number of nitrogens with one attached hydrogen (secondary N) is 2. The summed E-state index contributed by atoms with van der Waals surface area (Å²) in [6, 6.07) is 20.4. The molecule has 3 aromatic carbocycles. The summed E-state index contributed by atoms with van der Waals surface area (Å²) in [7, 11) is 4.00. The minimum absolute atomic E-state index is 0.0394. The van der Waals surface area contributed by atoms with Crippen molar-refractivity contribution in [1.82, 2.24) is 0 Å². The SMILES string of the molecule is Cc1ccc(Nc2cccc(N(C)C)c2)cc1NC(=O)c1ccccc1O. The van der Waals surface area contributed by atoms with Crippen LogP contribution in [0.5, 0.6) is 5.75 Å². The standard InChI is InChI=1S/C22H23N3O2/c1-15-11-12-17(23-16-7-6-8-18(13-16)25(2)3)14-20(15)24-22(27)19-9-4-5-10-21(19)26/h4-14,23,26H,1-3H3,(H,24,27). The lowest BCUT2D eigenvalue weighted by atomic mass is 10.1. The topological polar surface area (TPSA) is 64.6 Å².